The lowest BCUT2D eigenvalue weighted by atomic mass is 9.93. The molecule has 2 N–H and O–H groups in total. The topological polar surface area (TPSA) is 38.5 Å². The molecule has 14 heavy (non-hydrogen) atoms. The number of ether oxygens (including phenoxy) is 1. The monoisotopic (exact) mass is 200 g/mol. The standard InChI is InChI=1S/C11H24N2O/c1-11(2)5-6-13(9-11)8-10(12)4-7-14-3/h10H,4-9,12H2,1-3H3. The van der Waals surface area contributed by atoms with Crippen molar-refractivity contribution < 1.29 is 4.74 Å². The van der Waals surface area contributed by atoms with Crippen molar-refractivity contribution in [2.75, 3.05) is 33.4 Å². The maximum absolute atomic E-state index is 6.01. The summed E-state index contributed by atoms with van der Waals surface area (Å²) >= 11 is 0. The van der Waals surface area contributed by atoms with Gasteiger partial charge in [-0.1, -0.05) is 13.8 Å². The summed E-state index contributed by atoms with van der Waals surface area (Å²) in [7, 11) is 1.73. The molecular formula is C11H24N2O. The van der Waals surface area contributed by atoms with Crippen LogP contribution < -0.4 is 5.73 Å². The first-order valence-electron chi connectivity index (χ1n) is 5.50. The maximum atomic E-state index is 6.01. The second-order valence-corrected chi connectivity index (χ2v) is 5.19. The van der Waals surface area contributed by atoms with Crippen molar-refractivity contribution in [3.63, 3.8) is 0 Å². The van der Waals surface area contributed by atoms with E-state index in [9.17, 15) is 0 Å². The van der Waals surface area contributed by atoms with E-state index in [0.717, 1.165) is 19.6 Å². The molecule has 1 unspecified atom stereocenters. The molecule has 3 heteroatoms. The first-order valence-corrected chi connectivity index (χ1v) is 5.50. The van der Waals surface area contributed by atoms with Gasteiger partial charge in [0.1, 0.15) is 0 Å². The molecule has 3 nitrogen and oxygen atoms in total. The number of likely N-dealkylation sites (tertiary alicyclic amines) is 1. The third-order valence-corrected chi connectivity index (χ3v) is 2.94. The van der Waals surface area contributed by atoms with Crippen molar-refractivity contribution in [1.29, 1.82) is 0 Å². The molecule has 0 aliphatic carbocycles. The molecule has 1 aliphatic rings. The van der Waals surface area contributed by atoms with Gasteiger partial charge in [-0.25, -0.2) is 0 Å². The zero-order chi connectivity index (χ0) is 10.6. The van der Waals surface area contributed by atoms with E-state index in [1.807, 2.05) is 0 Å². The predicted molar refractivity (Wildman–Crippen MR) is 59.3 cm³/mol. The van der Waals surface area contributed by atoms with Gasteiger partial charge in [0.15, 0.2) is 0 Å². The number of hydrogen-bond acceptors (Lipinski definition) is 3. The van der Waals surface area contributed by atoms with Crippen LogP contribution >= 0.6 is 0 Å². The lowest BCUT2D eigenvalue weighted by Crippen LogP contribution is -2.37. The molecule has 1 heterocycles. The highest BCUT2D eigenvalue weighted by Crippen LogP contribution is 2.28. The Morgan fingerprint density at radius 1 is 1.50 bits per heavy atom. The molecule has 1 fully saturated rings. The number of rotatable bonds is 5. The fraction of sp³-hybridized carbons (Fsp3) is 1.00. The van der Waals surface area contributed by atoms with Gasteiger partial charge in [0, 0.05) is 32.8 Å². The molecule has 0 radical (unpaired) electrons. The number of hydrogen-bond donors (Lipinski definition) is 1. The zero-order valence-corrected chi connectivity index (χ0v) is 9.75. The van der Waals surface area contributed by atoms with Crippen molar-refractivity contribution in [2.45, 2.75) is 32.7 Å². The van der Waals surface area contributed by atoms with Gasteiger partial charge in [0.05, 0.1) is 0 Å². The second-order valence-electron chi connectivity index (χ2n) is 5.19. The summed E-state index contributed by atoms with van der Waals surface area (Å²) in [5.41, 5.74) is 6.49. The van der Waals surface area contributed by atoms with Gasteiger partial charge in [-0.2, -0.15) is 0 Å². The molecule has 0 bridgehead atoms. The molecule has 0 aromatic heterocycles. The van der Waals surface area contributed by atoms with Crippen molar-refractivity contribution in [1.82, 2.24) is 4.90 Å². The Labute approximate surface area is 87.6 Å². The van der Waals surface area contributed by atoms with Gasteiger partial charge in [-0.15, -0.1) is 0 Å². The lowest BCUT2D eigenvalue weighted by Gasteiger charge is -2.22. The zero-order valence-electron chi connectivity index (χ0n) is 9.75. The van der Waals surface area contributed by atoms with Crippen molar-refractivity contribution in [3.05, 3.63) is 0 Å². The van der Waals surface area contributed by atoms with E-state index >= 15 is 0 Å². The van der Waals surface area contributed by atoms with E-state index in [-0.39, 0.29) is 6.04 Å². The minimum Gasteiger partial charge on any atom is -0.385 e. The molecule has 0 amide bonds. The van der Waals surface area contributed by atoms with Gasteiger partial charge >= 0.3 is 0 Å². The predicted octanol–water partition coefficient (Wildman–Crippen LogP) is 1.08. The molecule has 1 aliphatic heterocycles. The Balaban J connectivity index is 2.18. The summed E-state index contributed by atoms with van der Waals surface area (Å²) in [5, 5.41) is 0. The molecule has 1 atom stereocenters. The Morgan fingerprint density at radius 3 is 2.71 bits per heavy atom. The summed E-state index contributed by atoms with van der Waals surface area (Å²) in [6, 6.07) is 0.267. The number of nitrogens with two attached hydrogens (primary N) is 1. The quantitative estimate of drug-likeness (QED) is 0.722. The Bertz CT molecular complexity index is 171. The van der Waals surface area contributed by atoms with Crippen LogP contribution in [-0.4, -0.2) is 44.3 Å². The summed E-state index contributed by atoms with van der Waals surface area (Å²) in [6.45, 7) is 8.84. The van der Waals surface area contributed by atoms with Gasteiger partial charge in [-0.05, 0) is 24.8 Å². The van der Waals surface area contributed by atoms with Crippen molar-refractivity contribution in [2.24, 2.45) is 11.1 Å². The van der Waals surface area contributed by atoms with Crippen LogP contribution in [-0.2, 0) is 4.74 Å². The van der Waals surface area contributed by atoms with Gasteiger partial charge in [0.2, 0.25) is 0 Å². The van der Waals surface area contributed by atoms with Gasteiger partial charge < -0.3 is 15.4 Å². The minimum absolute atomic E-state index is 0.267. The highest BCUT2D eigenvalue weighted by Gasteiger charge is 2.29. The molecule has 1 rings (SSSR count). The molecule has 0 aromatic carbocycles. The first kappa shape index (κ1) is 12.0. The van der Waals surface area contributed by atoms with Crippen LogP contribution in [0.1, 0.15) is 26.7 Å². The lowest BCUT2D eigenvalue weighted by molar-refractivity contribution is 0.177. The van der Waals surface area contributed by atoms with Crippen LogP contribution in [0, 0.1) is 5.41 Å². The minimum atomic E-state index is 0.267. The van der Waals surface area contributed by atoms with Crippen LogP contribution in [0.25, 0.3) is 0 Å². The summed E-state index contributed by atoms with van der Waals surface area (Å²) < 4.78 is 5.02. The van der Waals surface area contributed by atoms with Gasteiger partial charge in [-0.3, -0.25) is 0 Å². The third kappa shape index (κ3) is 3.95. The van der Waals surface area contributed by atoms with Crippen LogP contribution in [0.2, 0.25) is 0 Å². The van der Waals surface area contributed by atoms with E-state index in [1.54, 1.807) is 7.11 Å². The molecule has 0 spiro atoms. The van der Waals surface area contributed by atoms with Crippen molar-refractivity contribution in [3.8, 4) is 0 Å². The molecule has 84 valence electrons. The SMILES string of the molecule is COCCC(N)CN1CCC(C)(C)C1. The second kappa shape index (κ2) is 5.10. The van der Waals surface area contributed by atoms with Crippen molar-refractivity contribution >= 4 is 0 Å². The highest BCUT2D eigenvalue weighted by atomic mass is 16.5. The van der Waals surface area contributed by atoms with Crippen LogP contribution in [0.5, 0.6) is 0 Å². The van der Waals surface area contributed by atoms with E-state index in [0.29, 0.717) is 5.41 Å². The summed E-state index contributed by atoms with van der Waals surface area (Å²) in [6.07, 6.45) is 2.26. The maximum Gasteiger partial charge on any atom is 0.0477 e. The highest BCUT2D eigenvalue weighted by molar-refractivity contribution is 4.84. The normalized spacial score (nSPS) is 24.0. The molecular weight excluding hydrogens is 176 g/mol. The van der Waals surface area contributed by atoms with E-state index < -0.39 is 0 Å². The Kier molecular flexibility index (Phi) is 4.35. The fourth-order valence-corrected chi connectivity index (χ4v) is 2.07. The Hall–Kier alpha value is -0.120. The molecule has 0 aromatic rings. The first-order chi connectivity index (χ1) is 6.53. The smallest absolute Gasteiger partial charge is 0.0477 e. The number of methoxy groups -OCH3 is 1. The fourth-order valence-electron chi connectivity index (χ4n) is 2.07. The average Bonchev–Trinajstić information content (AvgIpc) is 2.42. The van der Waals surface area contributed by atoms with E-state index in [4.69, 9.17) is 10.5 Å². The number of nitrogens with zero attached hydrogens (tertiary/aromatic N) is 1. The van der Waals surface area contributed by atoms with Gasteiger partial charge in [0.25, 0.3) is 0 Å². The third-order valence-electron chi connectivity index (χ3n) is 2.94. The molecule has 1 saturated heterocycles. The van der Waals surface area contributed by atoms with Crippen LogP contribution in [0.3, 0.4) is 0 Å². The van der Waals surface area contributed by atoms with Crippen LogP contribution in [0.15, 0.2) is 0 Å². The summed E-state index contributed by atoms with van der Waals surface area (Å²) in [4.78, 5) is 2.47. The Morgan fingerprint density at radius 2 is 2.21 bits per heavy atom. The van der Waals surface area contributed by atoms with Crippen LogP contribution in [0.4, 0.5) is 0 Å². The average molecular weight is 200 g/mol. The van der Waals surface area contributed by atoms with E-state index in [2.05, 4.69) is 18.7 Å². The molecule has 0 saturated carbocycles. The largest absolute Gasteiger partial charge is 0.385 e. The van der Waals surface area contributed by atoms with E-state index in [1.165, 1.54) is 19.5 Å². The summed E-state index contributed by atoms with van der Waals surface area (Å²) in [5.74, 6) is 0.